The number of carbonyl (C=O) groups is 2. The maximum Gasteiger partial charge on any atom is 1.00 e. The summed E-state index contributed by atoms with van der Waals surface area (Å²) < 4.78 is 30.6. The Morgan fingerprint density at radius 2 is 1.29 bits per heavy atom. The number of carboxylic acid groups (broad SMARTS) is 2. The van der Waals surface area contributed by atoms with E-state index in [-0.39, 0.29) is 116 Å². The molecule has 0 aliphatic rings. The van der Waals surface area contributed by atoms with Crippen LogP contribution >= 0.6 is 0 Å². The summed E-state index contributed by atoms with van der Waals surface area (Å²) in [6.45, 7) is 4.01. The van der Waals surface area contributed by atoms with E-state index in [0.717, 1.165) is 38.5 Å². The van der Waals surface area contributed by atoms with Crippen molar-refractivity contribution in [1.29, 1.82) is 0 Å². The molecule has 0 saturated carbocycles. The minimum atomic E-state index is -5.19. The number of unbranched alkanes of at least 4 members (excludes halogenated alkanes) is 8. The van der Waals surface area contributed by atoms with Crippen molar-refractivity contribution in [2.24, 2.45) is 5.92 Å². The van der Waals surface area contributed by atoms with E-state index in [4.69, 9.17) is 0 Å². The van der Waals surface area contributed by atoms with Crippen molar-refractivity contribution >= 4 is 22.1 Å². The maximum absolute atomic E-state index is 11.9. The molecule has 2 atom stereocenters. The van der Waals surface area contributed by atoms with Crippen molar-refractivity contribution in [3.05, 3.63) is 0 Å². The van der Waals surface area contributed by atoms with Crippen LogP contribution in [0.25, 0.3) is 0 Å². The Morgan fingerprint density at radius 1 is 0.857 bits per heavy atom. The van der Waals surface area contributed by atoms with Crippen molar-refractivity contribution in [1.82, 2.24) is 0 Å². The fraction of sp³-hybridized carbons (Fsp3) is 0.889. The molecule has 0 aliphatic carbocycles. The molecule has 0 aliphatic heterocycles. The Balaban J connectivity index is -0.00000312. The van der Waals surface area contributed by atoms with Gasteiger partial charge < -0.3 is 19.8 Å². The first-order valence-corrected chi connectivity index (χ1v) is 11.0. The molecular weight excluding hydrogens is 438 g/mol. The number of carbonyl (C=O) groups excluding carboxylic acids is 2. The number of rotatable bonds is 16. The molecule has 0 amide bonds. The van der Waals surface area contributed by atoms with Gasteiger partial charge in [-0.1, -0.05) is 78.1 Å². The molecule has 2 unspecified atom stereocenters. The van der Waals surface area contributed by atoms with Crippen molar-refractivity contribution < 1.29 is 136 Å². The first-order valence-electron chi connectivity index (χ1n) is 9.54. The van der Waals surface area contributed by atoms with Crippen LogP contribution in [0.15, 0.2) is 0 Å². The summed E-state index contributed by atoms with van der Waals surface area (Å²) in [5.74, 6) is -5.69. The van der Waals surface area contributed by atoms with Crippen LogP contribution in [-0.4, -0.2) is 29.7 Å². The van der Waals surface area contributed by atoms with E-state index in [2.05, 4.69) is 0 Å². The average Bonchev–Trinajstić information content (AvgIpc) is 2.53. The van der Waals surface area contributed by atoms with Crippen LogP contribution < -0.4 is 113 Å². The van der Waals surface area contributed by atoms with Gasteiger partial charge in [-0.25, -0.2) is 0 Å². The summed E-state index contributed by atoms with van der Waals surface area (Å²) in [4.78, 5) is 23.3. The minimum Gasteiger partial charge on any atom is -0.550 e. The Kier molecular flexibility index (Phi) is 23.2. The quantitative estimate of drug-likeness (QED) is 0.136. The second-order valence-electron chi connectivity index (χ2n) is 6.89. The zero-order valence-electron chi connectivity index (χ0n) is 17.9. The molecular formula is C18H32K2O7S. The molecule has 1 N–H and O–H groups in total. The van der Waals surface area contributed by atoms with Crippen molar-refractivity contribution in [2.75, 3.05) is 0 Å². The predicted molar refractivity (Wildman–Crippen MR) is 94.5 cm³/mol. The second kappa shape index (κ2) is 18.7. The smallest absolute Gasteiger partial charge is 0.550 e. The van der Waals surface area contributed by atoms with Gasteiger partial charge in [0.2, 0.25) is 0 Å². The van der Waals surface area contributed by atoms with Crippen LogP contribution in [-0.2, 0) is 19.7 Å². The SMILES string of the molecule is CCCCCCCC(C(=O)[O-])C(CCCCCCC)(C(=O)[O-])S(=O)(=O)O.[K+].[K+]. The minimum absolute atomic E-state index is 0. The number of hydrogen-bond acceptors (Lipinski definition) is 6. The third-order valence-corrected chi connectivity index (χ3v) is 6.48. The van der Waals surface area contributed by atoms with Gasteiger partial charge in [0, 0.05) is 11.9 Å². The normalized spacial score (nSPS) is 14.2. The van der Waals surface area contributed by atoms with Crippen LogP contribution in [0.3, 0.4) is 0 Å². The first-order chi connectivity index (χ1) is 12.1. The molecule has 154 valence electrons. The Morgan fingerprint density at radius 3 is 1.64 bits per heavy atom. The number of carboxylic acids is 2. The van der Waals surface area contributed by atoms with E-state index >= 15 is 0 Å². The van der Waals surface area contributed by atoms with Gasteiger partial charge in [-0.05, 0) is 12.8 Å². The first kappa shape index (κ1) is 34.7. The van der Waals surface area contributed by atoms with Crippen molar-refractivity contribution in [2.45, 2.75) is 95.6 Å². The summed E-state index contributed by atoms with van der Waals surface area (Å²) in [5.41, 5.74) is 0. The van der Waals surface area contributed by atoms with Gasteiger partial charge >= 0.3 is 103 Å². The largest absolute Gasteiger partial charge is 1.00 e. The standard InChI is InChI=1S/C18H34O7S.2K/c1-3-5-7-9-11-13-15(16(19)20)18(17(21)22,26(23,24)25)14-12-10-8-6-4-2;;/h15H,3-14H2,1-2H3,(H,19,20)(H,21,22)(H,23,24,25);;/q;2*+1/p-2. The molecule has 28 heavy (non-hydrogen) atoms. The molecule has 0 bridgehead atoms. The topological polar surface area (TPSA) is 135 Å². The molecule has 0 rings (SSSR count). The molecule has 0 radical (unpaired) electrons. The van der Waals surface area contributed by atoms with E-state index < -0.39 is 39.1 Å². The monoisotopic (exact) mass is 470 g/mol. The van der Waals surface area contributed by atoms with Gasteiger partial charge in [0.05, 0.1) is 5.97 Å². The van der Waals surface area contributed by atoms with E-state index in [9.17, 15) is 32.8 Å². The van der Waals surface area contributed by atoms with Crippen LogP contribution in [0.5, 0.6) is 0 Å². The Bertz CT molecular complexity index is 540. The third kappa shape index (κ3) is 11.7. The van der Waals surface area contributed by atoms with Crippen LogP contribution in [0, 0.1) is 5.92 Å². The maximum atomic E-state index is 11.9. The molecule has 0 aromatic rings. The molecule has 0 aromatic carbocycles. The predicted octanol–water partition coefficient (Wildman–Crippen LogP) is -4.54. The fourth-order valence-corrected chi connectivity index (χ4v) is 4.50. The van der Waals surface area contributed by atoms with E-state index in [1.54, 1.807) is 0 Å². The zero-order valence-corrected chi connectivity index (χ0v) is 24.9. The van der Waals surface area contributed by atoms with Crippen LogP contribution in [0.4, 0.5) is 0 Å². The van der Waals surface area contributed by atoms with Crippen LogP contribution in [0.2, 0.25) is 0 Å². The summed E-state index contributed by atoms with van der Waals surface area (Å²) in [7, 11) is -5.19. The van der Waals surface area contributed by atoms with E-state index in [1.807, 2.05) is 13.8 Å². The molecule has 0 saturated heterocycles. The second-order valence-corrected chi connectivity index (χ2v) is 8.57. The van der Waals surface area contributed by atoms with Gasteiger partial charge in [0.1, 0.15) is 4.75 Å². The third-order valence-electron chi connectivity index (χ3n) is 4.90. The van der Waals surface area contributed by atoms with Crippen molar-refractivity contribution in [3.8, 4) is 0 Å². The summed E-state index contributed by atoms with van der Waals surface area (Å²) in [6.07, 6.45) is 6.46. The number of aliphatic carboxylic acids is 2. The van der Waals surface area contributed by atoms with Gasteiger partial charge in [-0.3, -0.25) is 4.55 Å². The van der Waals surface area contributed by atoms with Gasteiger partial charge in [-0.2, -0.15) is 8.42 Å². The molecule has 0 aromatic heterocycles. The molecule has 0 fully saturated rings. The molecule has 10 heteroatoms. The van der Waals surface area contributed by atoms with Gasteiger partial charge in [0.25, 0.3) is 10.1 Å². The molecule has 0 heterocycles. The average molecular weight is 471 g/mol. The van der Waals surface area contributed by atoms with Gasteiger partial charge in [0.15, 0.2) is 0 Å². The zero-order chi connectivity index (χ0) is 20.2. The summed E-state index contributed by atoms with van der Waals surface area (Å²) in [6, 6.07) is 0. The molecule has 0 spiro atoms. The summed E-state index contributed by atoms with van der Waals surface area (Å²) >= 11 is 0. The Hall–Kier alpha value is 2.12. The Labute approximate surface area is 254 Å². The number of hydrogen-bond donors (Lipinski definition) is 1. The van der Waals surface area contributed by atoms with E-state index in [0.29, 0.717) is 19.3 Å². The van der Waals surface area contributed by atoms with Crippen molar-refractivity contribution in [3.63, 3.8) is 0 Å². The summed E-state index contributed by atoms with van der Waals surface area (Å²) in [5, 5.41) is 23.3. The van der Waals surface area contributed by atoms with Crippen LogP contribution in [0.1, 0.15) is 90.9 Å². The van der Waals surface area contributed by atoms with E-state index in [1.165, 1.54) is 0 Å². The fourth-order valence-electron chi connectivity index (χ4n) is 3.32. The van der Waals surface area contributed by atoms with Gasteiger partial charge in [-0.15, -0.1) is 0 Å². The molecule has 7 nitrogen and oxygen atoms in total.